The lowest BCUT2D eigenvalue weighted by Gasteiger charge is -2.13. The van der Waals surface area contributed by atoms with Crippen molar-refractivity contribution in [2.24, 2.45) is 5.10 Å². The maximum absolute atomic E-state index is 12.7. The van der Waals surface area contributed by atoms with Gasteiger partial charge in [-0.05, 0) is 67.6 Å². The molecule has 0 saturated heterocycles. The molecule has 0 aliphatic rings. The standard InChI is InChI=1S/C30H23BrN2O6/c1-20(37-25-16-13-24(31)14-17-25)28(34)33-32-19-23-12-15-26(38-29(35)21-8-4-2-5-9-21)18-27(23)39-30(36)22-10-6-3-7-11-22/h2-20H,1H3,(H,33,34)/b32-19-/t20-/m1/s1. The molecule has 0 bridgehead atoms. The molecule has 39 heavy (non-hydrogen) atoms. The Balaban J connectivity index is 1.49. The van der Waals surface area contributed by atoms with Crippen LogP contribution in [-0.4, -0.2) is 30.2 Å². The van der Waals surface area contributed by atoms with Crippen molar-refractivity contribution in [3.8, 4) is 17.2 Å². The minimum atomic E-state index is -0.821. The zero-order valence-corrected chi connectivity index (χ0v) is 22.3. The van der Waals surface area contributed by atoms with Gasteiger partial charge in [0.1, 0.15) is 17.2 Å². The number of esters is 2. The molecule has 0 unspecified atom stereocenters. The molecule has 1 N–H and O–H groups in total. The number of carbonyl (C=O) groups is 3. The molecule has 4 aromatic rings. The zero-order chi connectivity index (χ0) is 27.6. The first kappa shape index (κ1) is 27.3. The first-order valence-corrected chi connectivity index (χ1v) is 12.6. The number of nitrogens with one attached hydrogen (secondary N) is 1. The fraction of sp³-hybridized carbons (Fsp3) is 0.0667. The van der Waals surface area contributed by atoms with E-state index in [9.17, 15) is 14.4 Å². The van der Waals surface area contributed by atoms with E-state index in [1.165, 1.54) is 18.3 Å². The maximum atomic E-state index is 12.7. The highest BCUT2D eigenvalue weighted by molar-refractivity contribution is 9.10. The molecule has 9 heteroatoms. The van der Waals surface area contributed by atoms with Crippen LogP contribution in [0, 0.1) is 0 Å². The average Bonchev–Trinajstić information content (AvgIpc) is 2.96. The molecule has 8 nitrogen and oxygen atoms in total. The van der Waals surface area contributed by atoms with Crippen molar-refractivity contribution in [3.63, 3.8) is 0 Å². The molecule has 0 aromatic heterocycles. The summed E-state index contributed by atoms with van der Waals surface area (Å²) in [5, 5.41) is 3.99. The Morgan fingerprint density at radius 3 is 1.95 bits per heavy atom. The normalized spacial score (nSPS) is 11.4. The third-order valence-electron chi connectivity index (χ3n) is 5.29. The third-order valence-corrected chi connectivity index (χ3v) is 5.82. The second kappa shape index (κ2) is 13.2. The predicted octanol–water partition coefficient (Wildman–Crippen LogP) is 5.81. The van der Waals surface area contributed by atoms with Gasteiger partial charge in [-0.15, -0.1) is 0 Å². The van der Waals surface area contributed by atoms with Crippen LogP contribution in [0.25, 0.3) is 0 Å². The van der Waals surface area contributed by atoms with Gasteiger partial charge in [-0.25, -0.2) is 15.0 Å². The lowest BCUT2D eigenvalue weighted by molar-refractivity contribution is -0.127. The summed E-state index contributed by atoms with van der Waals surface area (Å²) in [6.45, 7) is 1.59. The molecule has 0 spiro atoms. The Hall–Kier alpha value is -4.76. The average molecular weight is 587 g/mol. The van der Waals surface area contributed by atoms with Crippen LogP contribution in [-0.2, 0) is 4.79 Å². The number of hydrogen-bond donors (Lipinski definition) is 1. The van der Waals surface area contributed by atoms with Crippen molar-refractivity contribution in [2.75, 3.05) is 0 Å². The topological polar surface area (TPSA) is 103 Å². The monoisotopic (exact) mass is 586 g/mol. The quantitative estimate of drug-likeness (QED) is 0.115. The number of halogens is 1. The van der Waals surface area contributed by atoms with Gasteiger partial charge in [-0.1, -0.05) is 52.3 Å². The summed E-state index contributed by atoms with van der Waals surface area (Å²) >= 11 is 3.35. The highest BCUT2D eigenvalue weighted by Gasteiger charge is 2.16. The Bertz CT molecular complexity index is 1470. The SMILES string of the molecule is C[C@@H](Oc1ccc(Br)cc1)C(=O)N/N=C\c1ccc(OC(=O)c2ccccc2)cc1OC(=O)c1ccccc1. The summed E-state index contributed by atoms with van der Waals surface area (Å²) in [5.74, 6) is -0.885. The van der Waals surface area contributed by atoms with Crippen LogP contribution in [0.2, 0.25) is 0 Å². The number of hydrazone groups is 1. The molecular weight excluding hydrogens is 564 g/mol. The van der Waals surface area contributed by atoms with E-state index in [0.717, 1.165) is 4.47 Å². The first-order valence-electron chi connectivity index (χ1n) is 11.8. The van der Waals surface area contributed by atoms with Crippen LogP contribution in [0.5, 0.6) is 17.2 Å². The molecule has 0 radical (unpaired) electrons. The molecule has 0 aliphatic carbocycles. The Morgan fingerprint density at radius 1 is 0.769 bits per heavy atom. The summed E-state index contributed by atoms with van der Waals surface area (Å²) in [4.78, 5) is 37.7. The Kier molecular flexibility index (Phi) is 9.20. The number of nitrogens with zero attached hydrogens (tertiary/aromatic N) is 1. The van der Waals surface area contributed by atoms with Crippen LogP contribution < -0.4 is 19.6 Å². The number of rotatable bonds is 9. The Morgan fingerprint density at radius 2 is 1.33 bits per heavy atom. The van der Waals surface area contributed by atoms with Crippen LogP contribution in [0.15, 0.2) is 113 Å². The number of benzene rings is 4. The minimum Gasteiger partial charge on any atom is -0.481 e. The Labute approximate surface area is 233 Å². The second-order valence-electron chi connectivity index (χ2n) is 8.16. The first-order chi connectivity index (χ1) is 18.9. The zero-order valence-electron chi connectivity index (χ0n) is 20.7. The molecule has 196 valence electrons. The molecule has 4 aromatic carbocycles. The van der Waals surface area contributed by atoms with Gasteiger partial charge in [0.25, 0.3) is 5.91 Å². The molecule has 1 amide bonds. The fourth-order valence-electron chi connectivity index (χ4n) is 3.27. The molecule has 4 rings (SSSR count). The van der Waals surface area contributed by atoms with Crippen LogP contribution in [0.3, 0.4) is 0 Å². The fourth-order valence-corrected chi connectivity index (χ4v) is 3.54. The summed E-state index contributed by atoms with van der Waals surface area (Å²) in [7, 11) is 0. The van der Waals surface area contributed by atoms with Crippen molar-refractivity contribution >= 4 is 40.0 Å². The number of carbonyl (C=O) groups excluding carboxylic acids is 3. The number of ether oxygens (including phenoxy) is 3. The van der Waals surface area contributed by atoms with Gasteiger partial charge in [0.15, 0.2) is 6.10 Å². The van der Waals surface area contributed by atoms with Crippen molar-refractivity contribution in [2.45, 2.75) is 13.0 Å². The van der Waals surface area contributed by atoms with Gasteiger partial charge in [0.2, 0.25) is 0 Å². The highest BCUT2D eigenvalue weighted by Crippen LogP contribution is 2.26. The van der Waals surface area contributed by atoms with Gasteiger partial charge in [0, 0.05) is 16.1 Å². The van der Waals surface area contributed by atoms with E-state index in [0.29, 0.717) is 22.4 Å². The van der Waals surface area contributed by atoms with Crippen molar-refractivity contribution in [1.82, 2.24) is 5.43 Å². The van der Waals surface area contributed by atoms with E-state index in [2.05, 4.69) is 26.5 Å². The smallest absolute Gasteiger partial charge is 0.343 e. The van der Waals surface area contributed by atoms with Gasteiger partial charge in [-0.3, -0.25) is 4.79 Å². The van der Waals surface area contributed by atoms with Crippen LogP contribution in [0.4, 0.5) is 0 Å². The van der Waals surface area contributed by atoms with Gasteiger partial charge in [-0.2, -0.15) is 5.10 Å². The largest absolute Gasteiger partial charge is 0.481 e. The van der Waals surface area contributed by atoms with E-state index in [4.69, 9.17) is 14.2 Å². The van der Waals surface area contributed by atoms with Gasteiger partial charge < -0.3 is 14.2 Å². The van der Waals surface area contributed by atoms with Gasteiger partial charge in [0.05, 0.1) is 17.3 Å². The van der Waals surface area contributed by atoms with E-state index >= 15 is 0 Å². The summed E-state index contributed by atoms with van der Waals surface area (Å²) in [6, 6.07) is 28.5. The molecule has 0 saturated carbocycles. The van der Waals surface area contributed by atoms with Crippen molar-refractivity contribution < 1.29 is 28.6 Å². The molecule has 0 aliphatic heterocycles. The summed E-state index contributed by atoms with van der Waals surface area (Å²) < 4.78 is 17.6. The van der Waals surface area contributed by atoms with E-state index < -0.39 is 23.9 Å². The summed E-state index contributed by atoms with van der Waals surface area (Å²) in [5.41, 5.74) is 3.48. The minimum absolute atomic E-state index is 0.0828. The lowest BCUT2D eigenvalue weighted by atomic mass is 10.2. The third kappa shape index (κ3) is 7.86. The van der Waals surface area contributed by atoms with E-state index in [-0.39, 0.29) is 11.5 Å². The maximum Gasteiger partial charge on any atom is 0.343 e. The van der Waals surface area contributed by atoms with Gasteiger partial charge >= 0.3 is 11.9 Å². The number of amides is 1. The number of hydrogen-bond acceptors (Lipinski definition) is 7. The molecule has 0 heterocycles. The van der Waals surface area contributed by atoms with Crippen LogP contribution >= 0.6 is 15.9 Å². The van der Waals surface area contributed by atoms with E-state index in [1.54, 1.807) is 97.9 Å². The molecular formula is C30H23BrN2O6. The lowest BCUT2D eigenvalue weighted by Crippen LogP contribution is -2.33. The van der Waals surface area contributed by atoms with E-state index in [1.807, 2.05) is 0 Å². The van der Waals surface area contributed by atoms with Crippen molar-refractivity contribution in [1.29, 1.82) is 0 Å². The van der Waals surface area contributed by atoms with Crippen molar-refractivity contribution in [3.05, 3.63) is 124 Å². The van der Waals surface area contributed by atoms with Crippen LogP contribution in [0.1, 0.15) is 33.2 Å². The molecule has 1 atom stereocenters. The predicted molar refractivity (Wildman–Crippen MR) is 149 cm³/mol. The molecule has 0 fully saturated rings. The summed E-state index contributed by atoms with van der Waals surface area (Å²) in [6.07, 6.45) is 0.499. The highest BCUT2D eigenvalue weighted by atomic mass is 79.9. The second-order valence-corrected chi connectivity index (χ2v) is 9.07.